The van der Waals surface area contributed by atoms with E-state index in [1.165, 1.54) is 20.8 Å². The molecule has 49 nitrogen and oxygen atoms in total. The van der Waals surface area contributed by atoms with Crippen LogP contribution in [0.25, 0.3) is 0 Å². The van der Waals surface area contributed by atoms with Crippen LogP contribution in [0.15, 0.2) is 23.8 Å². The number of esters is 2. The molecule has 8 saturated heterocycles. The summed E-state index contributed by atoms with van der Waals surface area (Å²) in [6, 6.07) is 0. The van der Waals surface area contributed by atoms with Gasteiger partial charge in [-0.05, 0) is 118 Å². The van der Waals surface area contributed by atoms with E-state index in [-0.39, 0.29) is 51.0 Å². The lowest BCUT2D eigenvalue weighted by Crippen LogP contribution is -2.69. The van der Waals surface area contributed by atoms with Crippen LogP contribution < -0.4 is 5.32 Å². The maximum absolute atomic E-state index is 16.5. The average molecular weight is 1990 g/mol. The molecule has 51 atom stereocenters. The highest BCUT2D eigenvalue weighted by Crippen LogP contribution is 2.76. The minimum absolute atomic E-state index is 0.0190. The minimum Gasteiger partial charge on any atom is -0.457 e. The predicted octanol–water partition coefficient (Wildman–Crippen LogP) is -9.90. The number of carbonyl (C=O) groups excluding carboxylic acids is 6. The van der Waals surface area contributed by atoms with Gasteiger partial charge >= 0.3 is 11.9 Å². The minimum atomic E-state index is -2.38. The Morgan fingerprint density at radius 1 is 0.507 bits per heavy atom. The zero-order chi connectivity index (χ0) is 101. The molecule has 0 aromatic rings. The summed E-state index contributed by atoms with van der Waals surface area (Å²) in [5.74, 6) is -6.29. The van der Waals surface area contributed by atoms with Crippen molar-refractivity contribution < 1.29 is 231 Å². The van der Waals surface area contributed by atoms with E-state index in [0.717, 1.165) is 36.7 Å². The fraction of sp³-hybridized carbons (Fsp3) is 0.888. The van der Waals surface area contributed by atoms with Crippen molar-refractivity contribution in [3.8, 4) is 0 Å². The molecule has 5 aliphatic carbocycles. The second kappa shape index (κ2) is 42.9. The highest BCUT2D eigenvalue weighted by atomic mass is 16.8. The normalized spacial score (nSPS) is 49.5. The molecule has 44 unspecified atom stereocenters. The molecule has 9 heterocycles. The maximum atomic E-state index is 16.5. The Hall–Kier alpha value is -4.86. The lowest BCUT2D eigenvalue weighted by atomic mass is 9.33. The highest BCUT2D eigenvalue weighted by Gasteiger charge is 2.74. The van der Waals surface area contributed by atoms with Crippen LogP contribution in [0.2, 0.25) is 0 Å². The molecule has 14 aliphatic rings. The van der Waals surface area contributed by atoms with Crippen LogP contribution in [0.5, 0.6) is 0 Å². The number of aliphatic hydroxyl groups is 22. The summed E-state index contributed by atoms with van der Waals surface area (Å²) in [6.07, 6.45) is -74.8. The molecular weight excluding hydrogens is 1850 g/mol. The van der Waals surface area contributed by atoms with Crippen molar-refractivity contribution in [1.29, 1.82) is 0 Å². The second-order valence-electron chi connectivity index (χ2n) is 41.1. The number of hydrogen-bond acceptors (Lipinski definition) is 47. The number of aliphatic hydroxyl groups excluding tert-OH is 22. The van der Waals surface area contributed by atoms with Crippen molar-refractivity contribution in [1.82, 2.24) is 10.2 Å². The number of fused-ring (bicyclic) bond motifs is 7. The lowest BCUT2D eigenvalue weighted by molar-refractivity contribution is -0.392. The van der Waals surface area contributed by atoms with Gasteiger partial charge in [-0.2, -0.15) is 0 Å². The fourth-order valence-corrected chi connectivity index (χ4v) is 23.9. The molecule has 14 rings (SSSR count). The summed E-state index contributed by atoms with van der Waals surface area (Å²) >= 11 is 0. The van der Waals surface area contributed by atoms with Crippen molar-refractivity contribution in [2.75, 3.05) is 53.2 Å². The molecule has 4 saturated carbocycles. The molecule has 3 amide bonds. The van der Waals surface area contributed by atoms with Crippen LogP contribution in [0.1, 0.15) is 127 Å². The molecule has 9 aliphatic heterocycles. The maximum Gasteiger partial charge on any atom is 0.317 e. The van der Waals surface area contributed by atoms with Crippen molar-refractivity contribution >= 4 is 35.9 Å². The van der Waals surface area contributed by atoms with E-state index in [1.807, 2.05) is 27.7 Å². The molecule has 0 aromatic heterocycles. The summed E-state index contributed by atoms with van der Waals surface area (Å²) < 4.78 is 115. The molecule has 138 heavy (non-hydrogen) atoms. The Morgan fingerprint density at radius 2 is 1.01 bits per heavy atom. The Kier molecular flexibility index (Phi) is 33.8. The zero-order valence-electron chi connectivity index (χ0n) is 78.2. The first-order valence-corrected chi connectivity index (χ1v) is 47.0. The number of ether oxygens (including phenoxy) is 19. The Balaban J connectivity index is 0.752. The number of rotatable bonds is 30. The second-order valence-corrected chi connectivity index (χ2v) is 41.1. The van der Waals surface area contributed by atoms with Crippen molar-refractivity contribution in [2.45, 2.75) is 391 Å². The first kappa shape index (κ1) is 109. The van der Waals surface area contributed by atoms with E-state index in [2.05, 4.69) is 18.3 Å². The third kappa shape index (κ3) is 20.3. The van der Waals surface area contributed by atoms with Gasteiger partial charge in [0.15, 0.2) is 68.6 Å². The number of hydrogen-bond donors (Lipinski definition) is 23. The van der Waals surface area contributed by atoms with Crippen molar-refractivity contribution in [3.63, 3.8) is 0 Å². The largest absolute Gasteiger partial charge is 0.457 e. The van der Waals surface area contributed by atoms with Crippen molar-refractivity contribution in [2.24, 2.45) is 50.2 Å². The lowest BCUT2D eigenvalue weighted by Gasteiger charge is -2.71. The number of methoxy groups -OCH3 is 1. The van der Waals surface area contributed by atoms with E-state index in [4.69, 9.17) is 90.0 Å². The average Bonchev–Trinajstić information content (AvgIpc) is 0.708. The summed E-state index contributed by atoms with van der Waals surface area (Å²) in [4.78, 5) is 83.9. The van der Waals surface area contributed by atoms with Gasteiger partial charge in [-0.15, -0.1) is 0 Å². The van der Waals surface area contributed by atoms with Gasteiger partial charge < -0.3 is 212 Å². The van der Waals surface area contributed by atoms with Gasteiger partial charge in [0.2, 0.25) is 6.29 Å². The standard InChI is InChI=1S/C89H138N2O47/c1-32-65(131-76-63(116)68(40(98)30-123-76)133-78-58(111)53(106)51(104)41(26-92)128-78)55(108)60(113)77(124-32)136-71-61(114)66(132-80-64(117)69(67(34(3)125-80)127-35(4)95)134-74-56(109)49(102)38(96)28-121-74)33(2)126-81(71)138-83(119)89-21-20-84(5,6)24-37(89)36-12-13-44-85(7)18-17-46(86(8,31-94)43(85)16-19-87(44,9)88(36,10)25-45(89)99)130-82(137-79-59(112)54(107)52(105)42(27-93)129-79)72(135-75-57(110)50(103)39(97)29-122-75)62(115)70(120-11)73(118)90-22-23-91-47(100)14-15-48(91)101/h12,14-15,31-34,37-46,49-72,74-82,92-93,96-99,102-117H,13,16-30H2,1-11H3,(H,90,118)/t32?,33?,34?,37?,38?,39?,40?,41?,42?,43?,44?,45-,46+,49?,50?,51?,52?,53?,54?,55?,56?,57?,58?,59?,60?,61?,62?,63?,64?,65?,66?,67?,68?,69?,70?,71?,72?,74?,75?,76?,77?,78?,79?,80?,81?,82?,85+,86+,87-,88-,89-/m1/s1. The molecule has 12 fully saturated rings. The van der Waals surface area contributed by atoms with Crippen LogP contribution in [0.3, 0.4) is 0 Å². The topological polar surface area (TPSA) is 738 Å². The van der Waals surface area contributed by atoms with Gasteiger partial charge in [0.25, 0.3) is 17.7 Å². The molecule has 0 radical (unpaired) electrons. The van der Waals surface area contributed by atoms with Gasteiger partial charge in [-0.1, -0.05) is 53.2 Å². The summed E-state index contributed by atoms with van der Waals surface area (Å²) in [6.45, 7) is 12.5. The molecule has 49 heteroatoms. The predicted molar refractivity (Wildman–Crippen MR) is 449 cm³/mol. The van der Waals surface area contributed by atoms with Gasteiger partial charge in [0, 0.05) is 39.3 Å². The van der Waals surface area contributed by atoms with E-state index in [9.17, 15) is 136 Å². The Bertz CT molecular complexity index is 4240. The number of amides is 3. The van der Waals surface area contributed by atoms with Gasteiger partial charge in [-0.25, -0.2) is 0 Å². The zero-order valence-corrected chi connectivity index (χ0v) is 78.2. The summed E-state index contributed by atoms with van der Waals surface area (Å²) in [7, 11) is 1.00. The van der Waals surface area contributed by atoms with Gasteiger partial charge in [-0.3, -0.25) is 28.9 Å². The van der Waals surface area contributed by atoms with E-state index in [0.29, 0.717) is 25.5 Å². The SMILES string of the molecule is COC(C(=O)NCCN1C(=O)C=CC1=O)C(O)C(OC1OCC(O)C(O)C1O)C(OC1OC(CO)C(O)C(O)C1O)O[C@H]1CC[C@@]2(C)C(CC[C@]3(C)C2CC=C2C4CC(C)(C)CC[C@]4(C(=O)OC4OC(C)C(OC5OC(C)C(OC(C)=O)C(OC6OCC(O)C(O)C6O)C5O)C(O)C4OC4OC(C)C(OC5OCC(O)C(OC6OC(CO)C(O)C(O)C6O)C5O)C(O)C4O)[C@H](O)C[C@]23C)[C@]1(C)C=O. The van der Waals surface area contributed by atoms with Crippen LogP contribution >= 0.6 is 0 Å². The molecule has 0 aromatic carbocycles. The fourth-order valence-electron chi connectivity index (χ4n) is 23.9. The quantitative estimate of drug-likeness (QED) is 0.0104. The Morgan fingerprint density at radius 3 is 1.61 bits per heavy atom. The van der Waals surface area contributed by atoms with E-state index < -0.39 is 378 Å². The van der Waals surface area contributed by atoms with Crippen LogP contribution in [-0.4, -0.2) is 471 Å². The first-order chi connectivity index (χ1) is 64.9. The number of nitrogens with one attached hydrogen (secondary N) is 1. The first-order valence-electron chi connectivity index (χ1n) is 47.0. The molecule has 0 spiro atoms. The summed E-state index contributed by atoms with van der Waals surface area (Å²) in [5.41, 5.74) is -5.95. The molecule has 786 valence electrons. The number of aldehydes is 1. The number of nitrogens with zero attached hydrogens (tertiary/aromatic N) is 1. The third-order valence-electron chi connectivity index (χ3n) is 32.1. The van der Waals surface area contributed by atoms with Crippen LogP contribution in [0.4, 0.5) is 0 Å². The number of carbonyl (C=O) groups is 6. The van der Waals surface area contributed by atoms with Crippen molar-refractivity contribution in [3.05, 3.63) is 23.8 Å². The smallest absolute Gasteiger partial charge is 0.317 e. The molecular formula is C89H138N2O47. The Labute approximate surface area is 792 Å². The third-order valence-corrected chi connectivity index (χ3v) is 32.1. The number of allylic oxidation sites excluding steroid dienone is 2. The van der Waals surface area contributed by atoms with Gasteiger partial charge in [0.1, 0.15) is 170 Å². The monoisotopic (exact) mass is 1990 g/mol. The van der Waals surface area contributed by atoms with Crippen LogP contribution in [-0.2, 0) is 119 Å². The molecule has 0 bridgehead atoms. The van der Waals surface area contributed by atoms with E-state index in [1.54, 1.807) is 6.92 Å². The van der Waals surface area contributed by atoms with Crippen LogP contribution in [0, 0.1) is 50.2 Å². The van der Waals surface area contributed by atoms with E-state index >= 15 is 4.79 Å². The number of imide groups is 1. The summed E-state index contributed by atoms with van der Waals surface area (Å²) in [5, 5.41) is 252. The van der Waals surface area contributed by atoms with Gasteiger partial charge in [0.05, 0.1) is 69.0 Å². The molecule has 23 N–H and O–H groups in total. The highest BCUT2D eigenvalue weighted by molar-refractivity contribution is 6.12.